The van der Waals surface area contributed by atoms with E-state index in [2.05, 4.69) is 30.5 Å². The molecule has 0 saturated carbocycles. The Balaban J connectivity index is 1.89. The summed E-state index contributed by atoms with van der Waals surface area (Å²) in [6, 6.07) is 0. The molecule has 0 bridgehead atoms. The first-order valence-corrected chi connectivity index (χ1v) is 7.63. The van der Waals surface area contributed by atoms with Crippen LogP contribution in [0.5, 0.6) is 0 Å². The summed E-state index contributed by atoms with van der Waals surface area (Å²) in [6.45, 7) is 6.39. The van der Waals surface area contributed by atoms with Crippen molar-refractivity contribution in [2.24, 2.45) is 0 Å². The first-order valence-electron chi connectivity index (χ1n) is 7.63. The Morgan fingerprint density at radius 3 is 2.28 bits per heavy atom. The average molecular weight is 251 g/mol. The van der Waals surface area contributed by atoms with Crippen molar-refractivity contribution in [2.45, 2.75) is 71.8 Å². The number of aryl methyl sites for hydroxylation is 1. The van der Waals surface area contributed by atoms with Crippen LogP contribution in [0, 0.1) is 0 Å². The molecule has 1 aromatic heterocycles. The minimum Gasteiger partial charge on any atom is -0.383 e. The van der Waals surface area contributed by atoms with Crippen molar-refractivity contribution in [2.75, 3.05) is 11.9 Å². The van der Waals surface area contributed by atoms with E-state index in [4.69, 9.17) is 0 Å². The highest BCUT2D eigenvalue weighted by Crippen LogP contribution is 2.09. The van der Waals surface area contributed by atoms with Crippen molar-refractivity contribution < 1.29 is 0 Å². The highest BCUT2D eigenvalue weighted by molar-refractivity contribution is 5.37. The third-order valence-electron chi connectivity index (χ3n) is 3.32. The van der Waals surface area contributed by atoms with Crippen molar-refractivity contribution in [3.8, 4) is 0 Å². The van der Waals surface area contributed by atoms with E-state index in [-0.39, 0.29) is 0 Å². The number of anilines is 1. The van der Waals surface area contributed by atoms with Gasteiger partial charge in [-0.25, -0.2) is 0 Å². The molecule has 18 heavy (non-hydrogen) atoms. The van der Waals surface area contributed by atoms with Crippen molar-refractivity contribution in [1.82, 2.24) is 9.78 Å². The highest BCUT2D eigenvalue weighted by Gasteiger charge is 1.96. The summed E-state index contributed by atoms with van der Waals surface area (Å²) in [6.07, 6.45) is 15.0. The fourth-order valence-corrected chi connectivity index (χ4v) is 2.12. The molecule has 0 atom stereocenters. The van der Waals surface area contributed by atoms with Crippen LogP contribution in [0.2, 0.25) is 0 Å². The van der Waals surface area contributed by atoms with Crippen molar-refractivity contribution in [3.05, 3.63) is 12.4 Å². The second-order valence-corrected chi connectivity index (χ2v) is 4.99. The number of hydrogen-bond acceptors (Lipinski definition) is 2. The molecule has 1 rings (SSSR count). The zero-order chi connectivity index (χ0) is 13.1. The van der Waals surface area contributed by atoms with E-state index in [0.29, 0.717) is 0 Å². The van der Waals surface area contributed by atoms with Gasteiger partial charge in [0.25, 0.3) is 0 Å². The highest BCUT2D eigenvalue weighted by atomic mass is 15.3. The van der Waals surface area contributed by atoms with Crippen LogP contribution in [-0.2, 0) is 6.54 Å². The molecule has 0 fully saturated rings. The normalized spacial score (nSPS) is 10.8. The van der Waals surface area contributed by atoms with Crippen molar-refractivity contribution in [3.63, 3.8) is 0 Å². The molecule has 1 aromatic rings. The summed E-state index contributed by atoms with van der Waals surface area (Å²) in [5.41, 5.74) is 1.15. The Labute approximate surface area is 112 Å². The van der Waals surface area contributed by atoms with Gasteiger partial charge in [0.05, 0.1) is 11.9 Å². The molecule has 0 amide bonds. The number of rotatable bonds is 11. The fourth-order valence-electron chi connectivity index (χ4n) is 2.12. The lowest BCUT2D eigenvalue weighted by Gasteiger charge is -2.03. The van der Waals surface area contributed by atoms with Gasteiger partial charge in [-0.3, -0.25) is 4.68 Å². The summed E-state index contributed by atoms with van der Waals surface area (Å²) in [5, 5.41) is 7.67. The number of nitrogens with one attached hydrogen (secondary N) is 1. The standard InChI is InChI=1S/C15H29N3/c1-3-5-6-7-8-9-10-11-12-16-15-13-17-18(4-2)14-15/h13-14,16H,3-12H2,1-2H3. The fraction of sp³-hybridized carbons (Fsp3) is 0.800. The maximum atomic E-state index is 4.25. The molecule has 3 nitrogen and oxygen atoms in total. The molecule has 0 radical (unpaired) electrons. The molecule has 0 spiro atoms. The van der Waals surface area contributed by atoms with Gasteiger partial charge in [0.15, 0.2) is 0 Å². The number of aromatic nitrogens is 2. The van der Waals surface area contributed by atoms with Crippen LogP contribution in [0.4, 0.5) is 5.69 Å². The lowest BCUT2D eigenvalue weighted by molar-refractivity contribution is 0.581. The Bertz CT molecular complexity index is 294. The van der Waals surface area contributed by atoms with Gasteiger partial charge >= 0.3 is 0 Å². The molecule has 0 aliphatic heterocycles. The Morgan fingerprint density at radius 1 is 1.00 bits per heavy atom. The van der Waals surface area contributed by atoms with E-state index >= 15 is 0 Å². The van der Waals surface area contributed by atoms with Crippen LogP contribution < -0.4 is 5.32 Å². The van der Waals surface area contributed by atoms with Gasteiger partial charge < -0.3 is 5.32 Å². The zero-order valence-electron chi connectivity index (χ0n) is 12.1. The molecule has 1 N–H and O–H groups in total. The minimum atomic E-state index is 0.944. The minimum absolute atomic E-state index is 0.944. The predicted molar refractivity (Wildman–Crippen MR) is 79.0 cm³/mol. The smallest absolute Gasteiger partial charge is 0.0726 e. The largest absolute Gasteiger partial charge is 0.383 e. The lowest BCUT2D eigenvalue weighted by Crippen LogP contribution is -2.00. The molecule has 1 heterocycles. The Kier molecular flexibility index (Phi) is 8.36. The molecule has 104 valence electrons. The second kappa shape index (κ2) is 9.98. The average Bonchev–Trinajstić information content (AvgIpc) is 2.85. The van der Waals surface area contributed by atoms with E-state index in [0.717, 1.165) is 18.8 Å². The summed E-state index contributed by atoms with van der Waals surface area (Å²) >= 11 is 0. The number of unbranched alkanes of at least 4 members (excludes halogenated alkanes) is 7. The molecule has 3 heteroatoms. The number of hydrogen-bond donors (Lipinski definition) is 1. The van der Waals surface area contributed by atoms with E-state index in [1.54, 1.807) is 0 Å². The zero-order valence-corrected chi connectivity index (χ0v) is 12.1. The van der Waals surface area contributed by atoms with Gasteiger partial charge in [-0.15, -0.1) is 0 Å². The van der Waals surface area contributed by atoms with E-state index in [1.165, 1.54) is 51.4 Å². The third-order valence-corrected chi connectivity index (χ3v) is 3.32. The van der Waals surface area contributed by atoms with E-state index in [9.17, 15) is 0 Å². The summed E-state index contributed by atoms with van der Waals surface area (Å²) in [5.74, 6) is 0. The van der Waals surface area contributed by atoms with Crippen LogP contribution in [0.3, 0.4) is 0 Å². The quantitative estimate of drug-likeness (QED) is 0.589. The van der Waals surface area contributed by atoms with Gasteiger partial charge in [0.2, 0.25) is 0 Å². The molecular formula is C15H29N3. The number of nitrogens with zero attached hydrogens (tertiary/aromatic N) is 2. The first-order chi connectivity index (χ1) is 8.86. The van der Waals surface area contributed by atoms with Gasteiger partial charge in [0, 0.05) is 19.3 Å². The third kappa shape index (κ3) is 6.67. The topological polar surface area (TPSA) is 29.9 Å². The molecule has 0 unspecified atom stereocenters. The maximum Gasteiger partial charge on any atom is 0.0726 e. The van der Waals surface area contributed by atoms with Gasteiger partial charge in [-0.05, 0) is 13.3 Å². The van der Waals surface area contributed by atoms with Crippen molar-refractivity contribution in [1.29, 1.82) is 0 Å². The molecule has 0 saturated heterocycles. The predicted octanol–water partition coefficient (Wildman–Crippen LogP) is 4.46. The molecular weight excluding hydrogens is 222 g/mol. The lowest BCUT2D eigenvalue weighted by atomic mass is 10.1. The molecule has 0 aliphatic rings. The van der Waals surface area contributed by atoms with Gasteiger partial charge in [-0.2, -0.15) is 5.10 Å². The van der Waals surface area contributed by atoms with Crippen LogP contribution in [0.1, 0.15) is 65.2 Å². The summed E-state index contributed by atoms with van der Waals surface area (Å²) in [7, 11) is 0. The van der Waals surface area contributed by atoms with Crippen LogP contribution >= 0.6 is 0 Å². The van der Waals surface area contributed by atoms with Crippen LogP contribution in [0.25, 0.3) is 0 Å². The monoisotopic (exact) mass is 251 g/mol. The molecule has 0 aliphatic carbocycles. The second-order valence-electron chi connectivity index (χ2n) is 4.99. The first kappa shape index (κ1) is 15.1. The molecule has 0 aromatic carbocycles. The Morgan fingerprint density at radius 2 is 1.67 bits per heavy atom. The SMILES string of the molecule is CCCCCCCCCCNc1cnn(CC)c1. The van der Waals surface area contributed by atoms with Crippen LogP contribution in [-0.4, -0.2) is 16.3 Å². The maximum absolute atomic E-state index is 4.25. The van der Waals surface area contributed by atoms with Crippen LogP contribution in [0.15, 0.2) is 12.4 Å². The van der Waals surface area contributed by atoms with Gasteiger partial charge in [0.1, 0.15) is 0 Å². The van der Waals surface area contributed by atoms with E-state index in [1.807, 2.05) is 10.9 Å². The van der Waals surface area contributed by atoms with Gasteiger partial charge in [-0.1, -0.05) is 51.9 Å². The Hall–Kier alpha value is -0.990. The van der Waals surface area contributed by atoms with Crippen molar-refractivity contribution >= 4 is 5.69 Å². The summed E-state index contributed by atoms with van der Waals surface area (Å²) < 4.78 is 1.95. The van der Waals surface area contributed by atoms with E-state index < -0.39 is 0 Å². The summed E-state index contributed by atoms with van der Waals surface area (Å²) in [4.78, 5) is 0.